The monoisotopic (exact) mass is 492 g/mol. The number of halogens is 1. The van der Waals surface area contributed by atoms with Gasteiger partial charge in [0.2, 0.25) is 5.91 Å². The highest BCUT2D eigenvalue weighted by atomic mass is 19.1. The number of hydrogen-bond acceptors (Lipinski definition) is 4. The number of piperazine rings is 1. The summed E-state index contributed by atoms with van der Waals surface area (Å²) in [5.41, 5.74) is 2.41. The summed E-state index contributed by atoms with van der Waals surface area (Å²) in [5, 5.41) is 3.03. The molecule has 2 aliphatic heterocycles. The third-order valence-electron chi connectivity index (χ3n) is 7.59. The Labute approximate surface area is 211 Å². The number of benzene rings is 2. The third kappa shape index (κ3) is 5.22. The van der Waals surface area contributed by atoms with Crippen LogP contribution in [0, 0.1) is 11.7 Å². The number of nitrogens with one attached hydrogen (secondary N) is 1. The fourth-order valence-electron chi connectivity index (χ4n) is 5.54. The molecule has 3 aliphatic rings. The molecule has 2 aromatic carbocycles. The lowest BCUT2D eigenvalue weighted by atomic mass is 10.1. The molecule has 1 N–H and O–H groups in total. The molecule has 1 aliphatic carbocycles. The number of likely N-dealkylation sites (tertiary alicyclic amines) is 1. The van der Waals surface area contributed by atoms with Crippen molar-refractivity contribution < 1.29 is 18.8 Å². The van der Waals surface area contributed by atoms with Gasteiger partial charge in [-0.25, -0.2) is 4.39 Å². The predicted octanol–water partition coefficient (Wildman–Crippen LogP) is 4.15. The molecule has 2 heterocycles. The highest BCUT2D eigenvalue weighted by molar-refractivity contribution is 6.02. The minimum absolute atomic E-state index is 0.0160. The average Bonchev–Trinajstić information content (AvgIpc) is 3.63. The zero-order valence-electron chi connectivity index (χ0n) is 20.5. The molecular formula is C28H33FN4O3. The SMILES string of the molecule is O=C(Nc1ccc(N2CCN(C(=O)c3cccc(F)c3)CC2)c(C(=O)N2CCCC2)c1)C1CCCC1. The Balaban J connectivity index is 1.33. The highest BCUT2D eigenvalue weighted by Gasteiger charge is 2.29. The smallest absolute Gasteiger partial charge is 0.256 e. The largest absolute Gasteiger partial charge is 0.367 e. The van der Waals surface area contributed by atoms with Gasteiger partial charge in [-0.3, -0.25) is 14.4 Å². The number of nitrogens with zero attached hydrogens (tertiary/aromatic N) is 3. The summed E-state index contributed by atoms with van der Waals surface area (Å²) in [6, 6.07) is 11.4. The molecule has 7 nitrogen and oxygen atoms in total. The number of carbonyl (C=O) groups excluding carboxylic acids is 3. The summed E-state index contributed by atoms with van der Waals surface area (Å²) in [4.78, 5) is 44.8. The van der Waals surface area contributed by atoms with E-state index < -0.39 is 5.82 Å². The van der Waals surface area contributed by atoms with E-state index in [1.165, 1.54) is 12.1 Å². The minimum atomic E-state index is -0.426. The summed E-state index contributed by atoms with van der Waals surface area (Å²) in [6.45, 7) is 3.57. The quantitative estimate of drug-likeness (QED) is 0.681. The Bertz CT molecular complexity index is 1130. The van der Waals surface area contributed by atoms with Crippen molar-refractivity contribution in [1.29, 1.82) is 0 Å². The van der Waals surface area contributed by atoms with E-state index in [0.29, 0.717) is 43.0 Å². The van der Waals surface area contributed by atoms with Crippen LogP contribution in [0.5, 0.6) is 0 Å². The van der Waals surface area contributed by atoms with Gasteiger partial charge in [-0.1, -0.05) is 18.9 Å². The van der Waals surface area contributed by atoms with E-state index in [1.807, 2.05) is 23.1 Å². The van der Waals surface area contributed by atoms with Crippen molar-refractivity contribution in [2.45, 2.75) is 38.5 Å². The maximum atomic E-state index is 13.6. The van der Waals surface area contributed by atoms with Gasteiger partial charge in [-0.2, -0.15) is 0 Å². The van der Waals surface area contributed by atoms with Crippen LogP contribution in [0.4, 0.5) is 15.8 Å². The lowest BCUT2D eigenvalue weighted by Crippen LogP contribution is -2.49. The number of rotatable bonds is 5. The minimum Gasteiger partial charge on any atom is -0.367 e. The van der Waals surface area contributed by atoms with E-state index in [0.717, 1.165) is 57.3 Å². The highest BCUT2D eigenvalue weighted by Crippen LogP contribution is 2.30. The molecule has 0 bridgehead atoms. The van der Waals surface area contributed by atoms with Crippen LogP contribution in [-0.4, -0.2) is 66.8 Å². The Morgan fingerprint density at radius 3 is 2.17 bits per heavy atom. The molecule has 2 saturated heterocycles. The van der Waals surface area contributed by atoms with Crippen LogP contribution in [0.2, 0.25) is 0 Å². The second-order valence-electron chi connectivity index (χ2n) is 9.99. The van der Waals surface area contributed by atoms with Gasteiger partial charge in [0.1, 0.15) is 5.82 Å². The number of hydrogen-bond donors (Lipinski definition) is 1. The molecule has 0 aromatic heterocycles. The van der Waals surface area contributed by atoms with Crippen molar-refractivity contribution in [1.82, 2.24) is 9.80 Å². The van der Waals surface area contributed by atoms with Crippen molar-refractivity contribution in [2.24, 2.45) is 5.92 Å². The van der Waals surface area contributed by atoms with E-state index in [2.05, 4.69) is 10.2 Å². The van der Waals surface area contributed by atoms with Gasteiger partial charge in [-0.15, -0.1) is 0 Å². The predicted molar refractivity (Wildman–Crippen MR) is 137 cm³/mol. The van der Waals surface area contributed by atoms with Crippen LogP contribution in [-0.2, 0) is 4.79 Å². The summed E-state index contributed by atoms with van der Waals surface area (Å²) < 4.78 is 13.6. The summed E-state index contributed by atoms with van der Waals surface area (Å²) in [7, 11) is 0. The lowest BCUT2D eigenvalue weighted by molar-refractivity contribution is -0.119. The first kappa shape index (κ1) is 24.3. The van der Waals surface area contributed by atoms with E-state index in [9.17, 15) is 18.8 Å². The molecule has 0 radical (unpaired) electrons. The Morgan fingerprint density at radius 1 is 0.778 bits per heavy atom. The van der Waals surface area contributed by atoms with Gasteiger partial charge in [0.15, 0.2) is 0 Å². The zero-order chi connectivity index (χ0) is 25.1. The Morgan fingerprint density at radius 2 is 1.47 bits per heavy atom. The van der Waals surface area contributed by atoms with Gasteiger partial charge in [-0.05, 0) is 62.1 Å². The first-order chi connectivity index (χ1) is 17.5. The number of carbonyl (C=O) groups is 3. The van der Waals surface area contributed by atoms with Gasteiger partial charge in [0, 0.05) is 62.1 Å². The summed E-state index contributed by atoms with van der Waals surface area (Å²) in [6.07, 6.45) is 6.01. The first-order valence-corrected chi connectivity index (χ1v) is 13.0. The van der Waals surface area contributed by atoms with Crippen molar-refractivity contribution in [3.63, 3.8) is 0 Å². The van der Waals surface area contributed by atoms with Crippen LogP contribution >= 0.6 is 0 Å². The summed E-state index contributed by atoms with van der Waals surface area (Å²) >= 11 is 0. The standard InChI is InChI=1S/C28H33FN4O3/c29-22-9-5-8-21(18-22)27(35)33-16-14-31(15-17-33)25-11-10-23(30-26(34)20-6-1-2-7-20)19-24(25)28(36)32-12-3-4-13-32/h5,8-11,18-20H,1-4,6-7,12-17H2,(H,30,34). The van der Waals surface area contributed by atoms with Gasteiger partial charge < -0.3 is 20.0 Å². The second-order valence-corrected chi connectivity index (χ2v) is 9.99. The molecule has 8 heteroatoms. The average molecular weight is 493 g/mol. The Hall–Kier alpha value is -3.42. The van der Waals surface area contributed by atoms with Crippen molar-refractivity contribution in [2.75, 3.05) is 49.5 Å². The molecule has 3 amide bonds. The molecule has 0 unspecified atom stereocenters. The van der Waals surface area contributed by atoms with Gasteiger partial charge in [0.05, 0.1) is 5.56 Å². The molecule has 5 rings (SSSR count). The van der Waals surface area contributed by atoms with Crippen LogP contribution < -0.4 is 10.2 Å². The molecule has 0 atom stereocenters. The number of amides is 3. The van der Waals surface area contributed by atoms with Crippen LogP contribution in [0.1, 0.15) is 59.2 Å². The van der Waals surface area contributed by atoms with Crippen LogP contribution in [0.15, 0.2) is 42.5 Å². The van der Waals surface area contributed by atoms with Crippen molar-refractivity contribution in [3.05, 3.63) is 59.4 Å². The third-order valence-corrected chi connectivity index (χ3v) is 7.59. The number of anilines is 2. The van der Waals surface area contributed by atoms with Gasteiger partial charge in [0.25, 0.3) is 11.8 Å². The van der Waals surface area contributed by atoms with E-state index in [-0.39, 0.29) is 23.6 Å². The maximum Gasteiger partial charge on any atom is 0.256 e. The van der Waals surface area contributed by atoms with Crippen LogP contribution in [0.25, 0.3) is 0 Å². The summed E-state index contributed by atoms with van der Waals surface area (Å²) in [5.74, 6) is -0.551. The van der Waals surface area contributed by atoms with Gasteiger partial charge >= 0.3 is 0 Å². The molecule has 1 saturated carbocycles. The first-order valence-electron chi connectivity index (χ1n) is 13.0. The van der Waals surface area contributed by atoms with E-state index >= 15 is 0 Å². The fraction of sp³-hybridized carbons (Fsp3) is 0.464. The normalized spacial score (nSPS) is 18.5. The molecule has 0 spiro atoms. The zero-order valence-corrected chi connectivity index (χ0v) is 20.5. The molecular weight excluding hydrogens is 459 g/mol. The maximum absolute atomic E-state index is 13.6. The van der Waals surface area contributed by atoms with E-state index in [4.69, 9.17) is 0 Å². The van der Waals surface area contributed by atoms with Crippen molar-refractivity contribution >= 4 is 29.1 Å². The second kappa shape index (κ2) is 10.7. The molecule has 190 valence electrons. The molecule has 36 heavy (non-hydrogen) atoms. The topological polar surface area (TPSA) is 73.0 Å². The van der Waals surface area contributed by atoms with E-state index in [1.54, 1.807) is 17.0 Å². The molecule has 3 fully saturated rings. The van der Waals surface area contributed by atoms with Crippen molar-refractivity contribution in [3.8, 4) is 0 Å². The lowest BCUT2D eigenvalue weighted by Gasteiger charge is -2.37. The molecule has 2 aromatic rings. The fourth-order valence-corrected chi connectivity index (χ4v) is 5.54. The Kier molecular flexibility index (Phi) is 7.20. The van der Waals surface area contributed by atoms with Crippen LogP contribution in [0.3, 0.4) is 0 Å².